The van der Waals surface area contributed by atoms with E-state index >= 15 is 0 Å². The number of fused-ring (bicyclic) bond motifs is 1. The van der Waals surface area contributed by atoms with Crippen LogP contribution in [0.1, 0.15) is 37.2 Å². The molecular formula is C13H16ClN. The van der Waals surface area contributed by atoms with Crippen LogP contribution in [0.3, 0.4) is 0 Å². The Bertz CT molecular complexity index is 369. The summed E-state index contributed by atoms with van der Waals surface area (Å²) in [5.74, 6) is 1.60. The van der Waals surface area contributed by atoms with E-state index in [1.165, 1.54) is 36.9 Å². The third-order valence-electron chi connectivity index (χ3n) is 3.91. The van der Waals surface area contributed by atoms with Crippen molar-refractivity contribution in [2.45, 2.75) is 31.6 Å². The molecule has 1 atom stereocenters. The molecule has 1 aromatic carbocycles. The lowest BCUT2D eigenvalue weighted by molar-refractivity contribution is 0.460. The molecule has 15 heavy (non-hydrogen) atoms. The second-order valence-corrected chi connectivity index (χ2v) is 5.14. The van der Waals surface area contributed by atoms with Crippen LogP contribution in [0.25, 0.3) is 0 Å². The van der Waals surface area contributed by atoms with E-state index in [-0.39, 0.29) is 0 Å². The quantitative estimate of drug-likeness (QED) is 0.755. The third-order valence-corrected chi connectivity index (χ3v) is 4.23. The molecular weight excluding hydrogens is 206 g/mol. The van der Waals surface area contributed by atoms with Crippen LogP contribution in [0.15, 0.2) is 18.2 Å². The molecule has 1 aliphatic carbocycles. The zero-order chi connectivity index (χ0) is 10.3. The zero-order valence-electron chi connectivity index (χ0n) is 8.80. The highest BCUT2D eigenvalue weighted by molar-refractivity contribution is 6.33. The normalized spacial score (nSPS) is 25.3. The highest BCUT2D eigenvalue weighted by Gasteiger charge is 2.32. The summed E-state index contributed by atoms with van der Waals surface area (Å²) in [7, 11) is 0. The molecule has 80 valence electrons. The monoisotopic (exact) mass is 221 g/mol. The summed E-state index contributed by atoms with van der Waals surface area (Å²) in [5, 5.41) is 4.35. The van der Waals surface area contributed by atoms with Crippen LogP contribution < -0.4 is 5.32 Å². The van der Waals surface area contributed by atoms with Gasteiger partial charge in [0.05, 0.1) is 10.7 Å². The molecule has 0 aromatic heterocycles. The van der Waals surface area contributed by atoms with Crippen molar-refractivity contribution in [2.75, 3.05) is 11.9 Å². The van der Waals surface area contributed by atoms with Crippen LogP contribution in [0.2, 0.25) is 5.02 Å². The third kappa shape index (κ3) is 1.53. The topological polar surface area (TPSA) is 12.0 Å². The van der Waals surface area contributed by atoms with Crippen molar-refractivity contribution in [3.05, 3.63) is 28.8 Å². The maximum Gasteiger partial charge on any atom is 0.0640 e. The minimum absolute atomic E-state index is 0.709. The number of nitrogens with one attached hydrogen (secondary N) is 1. The number of hydrogen-bond donors (Lipinski definition) is 1. The summed E-state index contributed by atoms with van der Waals surface area (Å²) >= 11 is 6.18. The highest BCUT2D eigenvalue weighted by Crippen LogP contribution is 2.45. The van der Waals surface area contributed by atoms with Crippen LogP contribution in [-0.2, 0) is 0 Å². The van der Waals surface area contributed by atoms with E-state index in [1.54, 1.807) is 0 Å². The average molecular weight is 222 g/mol. The molecule has 0 spiro atoms. The molecule has 1 heterocycles. The van der Waals surface area contributed by atoms with Gasteiger partial charge in [-0.3, -0.25) is 0 Å². The predicted molar refractivity (Wildman–Crippen MR) is 64.6 cm³/mol. The van der Waals surface area contributed by atoms with Crippen LogP contribution in [0.5, 0.6) is 0 Å². The van der Waals surface area contributed by atoms with Crippen molar-refractivity contribution in [2.24, 2.45) is 5.92 Å². The molecule has 1 unspecified atom stereocenters. The van der Waals surface area contributed by atoms with E-state index in [2.05, 4.69) is 17.4 Å². The first-order chi connectivity index (χ1) is 7.36. The molecule has 1 aliphatic heterocycles. The van der Waals surface area contributed by atoms with E-state index in [0.29, 0.717) is 5.92 Å². The van der Waals surface area contributed by atoms with E-state index in [9.17, 15) is 0 Å². The van der Waals surface area contributed by atoms with Crippen molar-refractivity contribution in [3.63, 3.8) is 0 Å². The Labute approximate surface area is 95.8 Å². The van der Waals surface area contributed by atoms with Gasteiger partial charge in [-0.1, -0.05) is 36.6 Å². The first kappa shape index (κ1) is 9.53. The van der Waals surface area contributed by atoms with Gasteiger partial charge in [0.15, 0.2) is 0 Å². The van der Waals surface area contributed by atoms with Crippen LogP contribution in [0, 0.1) is 5.92 Å². The van der Waals surface area contributed by atoms with Crippen LogP contribution in [-0.4, -0.2) is 6.54 Å². The summed E-state index contributed by atoms with van der Waals surface area (Å²) in [6.45, 7) is 1.09. The van der Waals surface area contributed by atoms with Gasteiger partial charge in [-0.25, -0.2) is 0 Å². The fraction of sp³-hybridized carbons (Fsp3) is 0.538. The van der Waals surface area contributed by atoms with E-state index in [1.807, 2.05) is 6.07 Å². The highest BCUT2D eigenvalue weighted by atomic mass is 35.5. The molecule has 1 nitrogen and oxygen atoms in total. The first-order valence-corrected chi connectivity index (χ1v) is 6.26. The van der Waals surface area contributed by atoms with Crippen molar-refractivity contribution in [3.8, 4) is 0 Å². The summed E-state index contributed by atoms with van der Waals surface area (Å²) < 4.78 is 0. The number of benzene rings is 1. The van der Waals surface area contributed by atoms with E-state index < -0.39 is 0 Å². The SMILES string of the molecule is Clc1cccc2c1NCC2C1CCCC1. The molecule has 3 rings (SSSR count). The van der Waals surface area contributed by atoms with Crippen molar-refractivity contribution in [1.82, 2.24) is 0 Å². The lowest BCUT2D eigenvalue weighted by Crippen LogP contribution is -2.11. The van der Waals surface area contributed by atoms with Crippen molar-refractivity contribution < 1.29 is 0 Å². The minimum Gasteiger partial charge on any atom is -0.383 e. The van der Waals surface area contributed by atoms with Gasteiger partial charge in [-0.2, -0.15) is 0 Å². The number of rotatable bonds is 1. The summed E-state index contributed by atoms with van der Waals surface area (Å²) in [5.41, 5.74) is 2.64. The second-order valence-electron chi connectivity index (χ2n) is 4.74. The van der Waals surface area contributed by atoms with Gasteiger partial charge in [0.1, 0.15) is 0 Å². The van der Waals surface area contributed by atoms with Crippen LogP contribution in [0.4, 0.5) is 5.69 Å². The molecule has 2 aliphatic rings. The van der Waals surface area contributed by atoms with Crippen LogP contribution >= 0.6 is 11.6 Å². The Morgan fingerprint density at radius 2 is 2.00 bits per heavy atom. The van der Waals surface area contributed by atoms with E-state index in [0.717, 1.165) is 17.5 Å². The maximum absolute atomic E-state index is 6.18. The molecule has 1 saturated carbocycles. The lowest BCUT2D eigenvalue weighted by Gasteiger charge is -2.17. The Balaban J connectivity index is 1.94. The minimum atomic E-state index is 0.709. The van der Waals surface area contributed by atoms with Gasteiger partial charge >= 0.3 is 0 Å². The summed E-state index contributed by atoms with van der Waals surface area (Å²) in [6.07, 6.45) is 5.63. The Hall–Kier alpha value is -0.690. The summed E-state index contributed by atoms with van der Waals surface area (Å²) in [6, 6.07) is 6.30. The average Bonchev–Trinajstić information content (AvgIpc) is 2.85. The van der Waals surface area contributed by atoms with Gasteiger partial charge in [-0.05, 0) is 30.4 Å². The zero-order valence-corrected chi connectivity index (χ0v) is 9.56. The largest absolute Gasteiger partial charge is 0.383 e. The molecule has 1 fully saturated rings. The van der Waals surface area contributed by atoms with Gasteiger partial charge in [0.2, 0.25) is 0 Å². The van der Waals surface area contributed by atoms with Gasteiger partial charge in [0.25, 0.3) is 0 Å². The fourth-order valence-electron chi connectivity index (χ4n) is 3.14. The number of anilines is 1. The van der Waals surface area contributed by atoms with Crippen molar-refractivity contribution >= 4 is 17.3 Å². The smallest absolute Gasteiger partial charge is 0.0640 e. The molecule has 0 amide bonds. The second kappa shape index (κ2) is 3.71. The Morgan fingerprint density at radius 1 is 1.20 bits per heavy atom. The Morgan fingerprint density at radius 3 is 2.80 bits per heavy atom. The van der Waals surface area contributed by atoms with Gasteiger partial charge in [-0.15, -0.1) is 0 Å². The fourth-order valence-corrected chi connectivity index (χ4v) is 3.39. The predicted octanol–water partition coefficient (Wildman–Crippen LogP) is 4.04. The maximum atomic E-state index is 6.18. The first-order valence-electron chi connectivity index (χ1n) is 5.88. The molecule has 0 bridgehead atoms. The van der Waals surface area contributed by atoms with Gasteiger partial charge < -0.3 is 5.32 Å². The molecule has 1 N–H and O–H groups in total. The lowest BCUT2D eigenvalue weighted by atomic mass is 9.86. The summed E-state index contributed by atoms with van der Waals surface area (Å²) in [4.78, 5) is 0. The van der Waals surface area contributed by atoms with Crippen molar-refractivity contribution in [1.29, 1.82) is 0 Å². The number of para-hydroxylation sites is 1. The molecule has 1 aromatic rings. The molecule has 2 heteroatoms. The number of hydrogen-bond acceptors (Lipinski definition) is 1. The standard InChI is InChI=1S/C13H16ClN/c14-12-7-3-6-10-11(8-15-13(10)12)9-4-1-2-5-9/h3,6-7,9,11,15H,1-2,4-5,8H2. The van der Waals surface area contributed by atoms with E-state index in [4.69, 9.17) is 11.6 Å². The molecule has 0 saturated heterocycles. The van der Waals surface area contributed by atoms with Gasteiger partial charge in [0, 0.05) is 12.5 Å². The Kier molecular flexibility index (Phi) is 2.36. The molecule has 0 radical (unpaired) electrons. The number of halogens is 1.